The first-order valence-corrected chi connectivity index (χ1v) is 8.07. The number of nitrogens with zero attached hydrogens (tertiary/aromatic N) is 2. The average Bonchev–Trinajstić information content (AvgIpc) is 2.47. The summed E-state index contributed by atoms with van der Waals surface area (Å²) in [4.78, 5) is 0.215. The molecule has 1 aliphatic rings. The van der Waals surface area contributed by atoms with E-state index < -0.39 is 16.1 Å². The Balaban J connectivity index is 2.13. The number of sulfonamides is 1. The zero-order valence-corrected chi connectivity index (χ0v) is 12.2. The first-order chi connectivity index (χ1) is 9.45. The Kier molecular flexibility index (Phi) is 4.43. The van der Waals surface area contributed by atoms with E-state index in [0.29, 0.717) is 31.5 Å². The van der Waals surface area contributed by atoms with E-state index in [4.69, 9.17) is 5.26 Å². The fourth-order valence-corrected chi connectivity index (χ4v) is 3.92. The Morgan fingerprint density at radius 1 is 1.30 bits per heavy atom. The summed E-state index contributed by atoms with van der Waals surface area (Å²) in [5.74, 6) is 0.169. The number of nitriles is 1. The molecule has 0 amide bonds. The molecule has 0 spiro atoms. The third-order valence-electron chi connectivity index (χ3n) is 3.80. The van der Waals surface area contributed by atoms with Crippen molar-refractivity contribution in [3.05, 3.63) is 29.8 Å². The molecule has 1 saturated heterocycles. The zero-order valence-electron chi connectivity index (χ0n) is 11.4. The molecule has 0 bridgehead atoms. The first-order valence-electron chi connectivity index (χ1n) is 6.63. The van der Waals surface area contributed by atoms with E-state index >= 15 is 0 Å². The monoisotopic (exact) mass is 294 g/mol. The van der Waals surface area contributed by atoms with Crippen LogP contribution in [0.25, 0.3) is 0 Å². The summed E-state index contributed by atoms with van der Waals surface area (Å²) in [5, 5.41) is 18.3. The summed E-state index contributed by atoms with van der Waals surface area (Å²) < 4.78 is 26.3. The summed E-state index contributed by atoms with van der Waals surface area (Å²) in [7, 11) is -3.49. The van der Waals surface area contributed by atoms with Crippen molar-refractivity contribution in [3.8, 4) is 6.07 Å². The number of piperidine rings is 1. The van der Waals surface area contributed by atoms with Gasteiger partial charge in [-0.2, -0.15) is 9.57 Å². The molecule has 0 saturated carbocycles. The van der Waals surface area contributed by atoms with Crippen molar-refractivity contribution in [2.24, 2.45) is 5.92 Å². The maximum absolute atomic E-state index is 12.4. The molecule has 1 atom stereocenters. The lowest BCUT2D eigenvalue weighted by atomic mass is 9.93. The molecule has 5 nitrogen and oxygen atoms in total. The lowest BCUT2D eigenvalue weighted by molar-refractivity contribution is 0.0912. The van der Waals surface area contributed by atoms with Crippen molar-refractivity contribution in [3.63, 3.8) is 0 Å². The van der Waals surface area contributed by atoms with Crippen LogP contribution >= 0.6 is 0 Å². The Morgan fingerprint density at radius 2 is 1.85 bits per heavy atom. The fourth-order valence-electron chi connectivity index (χ4n) is 2.45. The minimum absolute atomic E-state index is 0.169. The Labute approximate surface area is 119 Å². The predicted molar refractivity (Wildman–Crippen MR) is 74.3 cm³/mol. The van der Waals surface area contributed by atoms with Gasteiger partial charge in [0, 0.05) is 13.1 Å². The molecule has 2 rings (SSSR count). The molecule has 1 aliphatic heterocycles. The SMILES string of the molecule is CC(O)C1CCN(S(=O)(=O)c2ccc(C#N)cc2)CC1. The summed E-state index contributed by atoms with van der Waals surface area (Å²) in [6, 6.07) is 7.92. The molecule has 0 radical (unpaired) electrons. The van der Waals surface area contributed by atoms with Gasteiger partial charge in [0.1, 0.15) is 0 Å². The van der Waals surface area contributed by atoms with Gasteiger partial charge >= 0.3 is 0 Å². The van der Waals surface area contributed by atoms with Gasteiger partial charge in [0.15, 0.2) is 0 Å². The topological polar surface area (TPSA) is 81.4 Å². The second kappa shape index (κ2) is 5.92. The van der Waals surface area contributed by atoms with E-state index in [-0.39, 0.29) is 10.8 Å². The molecule has 20 heavy (non-hydrogen) atoms. The highest BCUT2D eigenvalue weighted by molar-refractivity contribution is 7.89. The highest BCUT2D eigenvalue weighted by Crippen LogP contribution is 2.25. The average molecular weight is 294 g/mol. The number of hydrogen-bond acceptors (Lipinski definition) is 4. The second-order valence-corrected chi connectivity index (χ2v) is 7.06. The van der Waals surface area contributed by atoms with Gasteiger partial charge in [0.2, 0.25) is 10.0 Å². The van der Waals surface area contributed by atoms with Crippen molar-refractivity contribution in [2.45, 2.75) is 30.8 Å². The molecule has 6 heteroatoms. The Hall–Kier alpha value is -1.42. The third-order valence-corrected chi connectivity index (χ3v) is 5.71. The molecule has 0 aromatic heterocycles. The fraction of sp³-hybridized carbons (Fsp3) is 0.500. The van der Waals surface area contributed by atoms with Gasteiger partial charge < -0.3 is 5.11 Å². The number of rotatable bonds is 3. The van der Waals surface area contributed by atoms with Crippen LogP contribution in [0.15, 0.2) is 29.2 Å². The summed E-state index contributed by atoms with van der Waals surface area (Å²) in [6.07, 6.45) is 0.954. The highest BCUT2D eigenvalue weighted by atomic mass is 32.2. The van der Waals surface area contributed by atoms with Crippen LogP contribution in [0.3, 0.4) is 0 Å². The van der Waals surface area contributed by atoms with E-state index in [2.05, 4.69) is 0 Å². The third kappa shape index (κ3) is 3.01. The molecule has 108 valence electrons. The summed E-state index contributed by atoms with van der Waals surface area (Å²) in [6.45, 7) is 2.60. The lowest BCUT2D eigenvalue weighted by Gasteiger charge is -2.32. The van der Waals surface area contributed by atoms with Crippen LogP contribution in [0.4, 0.5) is 0 Å². The molecule has 1 fully saturated rings. The minimum Gasteiger partial charge on any atom is -0.393 e. The van der Waals surface area contributed by atoms with Crippen molar-refractivity contribution >= 4 is 10.0 Å². The molecule has 1 N–H and O–H groups in total. The standard InChI is InChI=1S/C14H18N2O3S/c1-11(17)13-6-8-16(9-7-13)20(18,19)14-4-2-12(10-15)3-5-14/h2-5,11,13,17H,6-9H2,1H3. The quantitative estimate of drug-likeness (QED) is 0.912. The predicted octanol–water partition coefficient (Wildman–Crippen LogP) is 1.34. The second-order valence-electron chi connectivity index (χ2n) is 5.12. The molecule has 0 aliphatic carbocycles. The van der Waals surface area contributed by atoms with Crippen molar-refractivity contribution in [1.82, 2.24) is 4.31 Å². The Bertz CT molecular complexity index is 594. The van der Waals surface area contributed by atoms with Gasteiger partial charge in [-0.3, -0.25) is 0 Å². The molecule has 1 heterocycles. The van der Waals surface area contributed by atoms with Crippen LogP contribution < -0.4 is 0 Å². The largest absolute Gasteiger partial charge is 0.393 e. The summed E-state index contributed by atoms with van der Waals surface area (Å²) in [5.41, 5.74) is 0.441. The van der Waals surface area contributed by atoms with Crippen LogP contribution in [-0.2, 0) is 10.0 Å². The van der Waals surface area contributed by atoms with Gasteiger partial charge in [0.05, 0.1) is 22.6 Å². The lowest BCUT2D eigenvalue weighted by Crippen LogP contribution is -2.40. The smallest absolute Gasteiger partial charge is 0.243 e. The minimum atomic E-state index is -3.49. The van der Waals surface area contributed by atoms with E-state index in [1.54, 1.807) is 6.92 Å². The van der Waals surface area contributed by atoms with Gasteiger partial charge in [-0.15, -0.1) is 0 Å². The van der Waals surface area contributed by atoms with Crippen molar-refractivity contribution in [1.29, 1.82) is 5.26 Å². The molecular formula is C14H18N2O3S. The highest BCUT2D eigenvalue weighted by Gasteiger charge is 2.30. The van der Waals surface area contributed by atoms with E-state index in [1.165, 1.54) is 28.6 Å². The van der Waals surface area contributed by atoms with Gasteiger partial charge in [-0.1, -0.05) is 0 Å². The maximum atomic E-state index is 12.4. The molecular weight excluding hydrogens is 276 g/mol. The summed E-state index contributed by atoms with van der Waals surface area (Å²) >= 11 is 0. The normalized spacial score (nSPS) is 19.4. The number of aliphatic hydroxyl groups is 1. The number of benzene rings is 1. The number of aliphatic hydroxyl groups excluding tert-OH is 1. The van der Waals surface area contributed by atoms with Crippen molar-refractivity contribution < 1.29 is 13.5 Å². The molecule has 1 aromatic rings. The number of hydrogen-bond donors (Lipinski definition) is 1. The first kappa shape index (κ1) is 15.0. The van der Waals surface area contributed by atoms with Gasteiger partial charge in [0.25, 0.3) is 0 Å². The van der Waals surface area contributed by atoms with Crippen LogP contribution in [0, 0.1) is 17.2 Å². The van der Waals surface area contributed by atoms with Gasteiger partial charge in [-0.25, -0.2) is 8.42 Å². The molecule has 1 aromatic carbocycles. The van der Waals surface area contributed by atoms with Crippen LogP contribution in [0.1, 0.15) is 25.3 Å². The van der Waals surface area contributed by atoms with E-state index in [9.17, 15) is 13.5 Å². The van der Waals surface area contributed by atoms with E-state index in [1.807, 2.05) is 6.07 Å². The van der Waals surface area contributed by atoms with Crippen LogP contribution in [0.5, 0.6) is 0 Å². The Morgan fingerprint density at radius 3 is 2.30 bits per heavy atom. The van der Waals surface area contributed by atoms with Crippen LogP contribution in [-0.4, -0.2) is 37.0 Å². The van der Waals surface area contributed by atoms with Gasteiger partial charge in [-0.05, 0) is 49.9 Å². The zero-order chi connectivity index (χ0) is 14.8. The maximum Gasteiger partial charge on any atom is 0.243 e. The van der Waals surface area contributed by atoms with Crippen molar-refractivity contribution in [2.75, 3.05) is 13.1 Å². The van der Waals surface area contributed by atoms with E-state index in [0.717, 1.165) is 0 Å². The molecule has 1 unspecified atom stereocenters. The van der Waals surface area contributed by atoms with Crippen LogP contribution in [0.2, 0.25) is 0 Å².